The summed E-state index contributed by atoms with van der Waals surface area (Å²) in [5, 5.41) is 9.44. The Morgan fingerprint density at radius 1 is 1.05 bits per heavy atom. The molecule has 1 saturated carbocycles. The van der Waals surface area contributed by atoms with Crippen molar-refractivity contribution >= 4 is 15.4 Å². The van der Waals surface area contributed by atoms with Gasteiger partial charge in [0.25, 0.3) is 0 Å². The molecule has 19 heavy (non-hydrogen) atoms. The molecule has 2 aliphatic rings. The van der Waals surface area contributed by atoms with Crippen LogP contribution < -0.4 is 0 Å². The minimum Gasteiger partial charge on any atom is -0.420 e. The van der Waals surface area contributed by atoms with Gasteiger partial charge in [0.05, 0.1) is 7.59 Å². The third kappa shape index (κ3) is 4.75. The lowest BCUT2D eigenvalue weighted by Gasteiger charge is -2.41. The van der Waals surface area contributed by atoms with Crippen LogP contribution in [-0.2, 0) is 4.43 Å². The quantitative estimate of drug-likeness (QED) is 0.545. The van der Waals surface area contributed by atoms with Gasteiger partial charge in [0.1, 0.15) is 5.60 Å². The van der Waals surface area contributed by atoms with E-state index in [0.717, 1.165) is 32.3 Å². The van der Waals surface area contributed by atoms with Crippen LogP contribution in [0.5, 0.6) is 0 Å². The van der Waals surface area contributed by atoms with E-state index in [0.29, 0.717) is 0 Å². The van der Waals surface area contributed by atoms with Gasteiger partial charge in [-0.1, -0.05) is 31.5 Å². The number of hydrogen-bond acceptors (Lipinski definition) is 2. The standard InChI is InChI=1S/C8H12O.C7H18OSi2/c1-2-8(9)6-4-3-5-7-8;1-9(2)7-5-6-8-10(9,3)4/h1,9H,3-7H2;5-7H2,1-4H3. The van der Waals surface area contributed by atoms with Crippen LogP contribution >= 0.6 is 0 Å². The van der Waals surface area contributed by atoms with Gasteiger partial charge in [0.15, 0.2) is 7.83 Å². The van der Waals surface area contributed by atoms with Crippen LogP contribution in [0.25, 0.3) is 0 Å². The first-order valence-corrected chi connectivity index (χ1v) is 14.7. The summed E-state index contributed by atoms with van der Waals surface area (Å²) in [7, 11) is -2.08. The van der Waals surface area contributed by atoms with Gasteiger partial charge in [-0.2, -0.15) is 0 Å². The molecule has 0 aromatic heterocycles. The Morgan fingerprint density at radius 2 is 1.63 bits per heavy atom. The van der Waals surface area contributed by atoms with Gasteiger partial charge in [-0.3, -0.25) is 0 Å². The summed E-state index contributed by atoms with van der Waals surface area (Å²) in [6.07, 6.45) is 11.4. The summed E-state index contributed by atoms with van der Waals surface area (Å²) < 4.78 is 5.88. The molecule has 2 fully saturated rings. The number of hydrogen-bond donors (Lipinski definition) is 1. The summed E-state index contributed by atoms with van der Waals surface area (Å²) in [6, 6.07) is 1.49. The topological polar surface area (TPSA) is 29.5 Å². The molecule has 0 radical (unpaired) electrons. The van der Waals surface area contributed by atoms with E-state index in [1.165, 1.54) is 18.9 Å². The number of aliphatic hydroxyl groups is 1. The van der Waals surface area contributed by atoms with E-state index in [9.17, 15) is 5.11 Å². The highest BCUT2D eigenvalue weighted by Gasteiger charge is 2.44. The minimum atomic E-state index is -1.18. The van der Waals surface area contributed by atoms with Crippen LogP contribution in [0.4, 0.5) is 0 Å². The van der Waals surface area contributed by atoms with Crippen LogP contribution in [0.3, 0.4) is 0 Å². The van der Waals surface area contributed by atoms with Crippen molar-refractivity contribution in [2.24, 2.45) is 0 Å². The fourth-order valence-electron chi connectivity index (χ4n) is 2.62. The first kappa shape index (κ1) is 17.0. The van der Waals surface area contributed by atoms with Crippen molar-refractivity contribution < 1.29 is 9.53 Å². The fraction of sp³-hybridized carbons (Fsp3) is 0.867. The fourth-order valence-corrected chi connectivity index (χ4v) is 9.11. The Labute approximate surface area is 120 Å². The molecule has 2 nitrogen and oxygen atoms in total. The second kappa shape index (κ2) is 6.58. The molecule has 110 valence electrons. The summed E-state index contributed by atoms with van der Waals surface area (Å²) in [5.74, 6) is 2.44. The SMILES string of the molecule is C#CC1(O)CCCCC1.C[Si]1(C)CCCO[Si]1(C)C. The van der Waals surface area contributed by atoms with Crippen molar-refractivity contribution in [1.29, 1.82) is 0 Å². The van der Waals surface area contributed by atoms with E-state index in [2.05, 4.69) is 32.1 Å². The molecule has 0 unspecified atom stereocenters. The predicted molar refractivity (Wildman–Crippen MR) is 87.2 cm³/mol. The van der Waals surface area contributed by atoms with Crippen LogP contribution in [0.15, 0.2) is 0 Å². The van der Waals surface area contributed by atoms with Crippen molar-refractivity contribution in [3.8, 4) is 12.3 Å². The molecule has 0 amide bonds. The molecule has 4 heteroatoms. The maximum Gasteiger partial charge on any atom is 0.173 e. The normalized spacial score (nSPS) is 27.6. The molecular weight excluding hydrogens is 268 g/mol. The maximum atomic E-state index is 9.44. The summed E-state index contributed by atoms with van der Waals surface area (Å²) in [5.41, 5.74) is -0.752. The molecule has 0 spiro atoms. The van der Waals surface area contributed by atoms with Crippen molar-refractivity contribution in [3.05, 3.63) is 0 Å². The molecule has 1 heterocycles. The molecule has 0 atom stereocenters. The average molecular weight is 299 g/mol. The van der Waals surface area contributed by atoms with Gasteiger partial charge in [0.2, 0.25) is 0 Å². The number of terminal acetylenes is 1. The Bertz CT molecular complexity index is 310. The summed E-state index contributed by atoms with van der Waals surface area (Å²) >= 11 is 0. The Kier molecular flexibility index (Phi) is 5.87. The summed E-state index contributed by atoms with van der Waals surface area (Å²) in [6.45, 7) is 10.8. The summed E-state index contributed by atoms with van der Waals surface area (Å²) in [4.78, 5) is 0. The van der Waals surface area contributed by atoms with Crippen molar-refractivity contribution in [1.82, 2.24) is 0 Å². The van der Waals surface area contributed by atoms with E-state index < -0.39 is 21.0 Å². The van der Waals surface area contributed by atoms with Crippen molar-refractivity contribution in [3.63, 3.8) is 0 Å². The largest absolute Gasteiger partial charge is 0.420 e. The molecular formula is C15H30O2Si2. The van der Waals surface area contributed by atoms with E-state index in [1.807, 2.05) is 0 Å². The maximum absolute atomic E-state index is 9.44. The Hall–Kier alpha value is -0.0862. The first-order chi connectivity index (χ1) is 8.72. The average Bonchev–Trinajstić information content (AvgIpc) is 2.35. The molecule has 1 aliphatic carbocycles. The van der Waals surface area contributed by atoms with Gasteiger partial charge in [-0.05, 0) is 45.2 Å². The molecule has 1 N–H and O–H groups in total. The van der Waals surface area contributed by atoms with Gasteiger partial charge < -0.3 is 9.53 Å². The van der Waals surface area contributed by atoms with E-state index in [4.69, 9.17) is 10.8 Å². The highest BCUT2D eigenvalue weighted by Crippen LogP contribution is 2.29. The third-order valence-electron chi connectivity index (χ3n) is 4.99. The molecule has 2 rings (SSSR count). The van der Waals surface area contributed by atoms with Gasteiger partial charge in [-0.15, -0.1) is 6.42 Å². The molecule has 0 aromatic rings. The monoisotopic (exact) mass is 298 g/mol. The second-order valence-electron chi connectivity index (χ2n) is 7.08. The highest BCUT2D eigenvalue weighted by atomic mass is 29.3. The van der Waals surface area contributed by atoms with Gasteiger partial charge >= 0.3 is 0 Å². The van der Waals surface area contributed by atoms with Crippen LogP contribution in [0.1, 0.15) is 38.5 Å². The lowest BCUT2D eigenvalue weighted by Crippen LogP contribution is -2.59. The predicted octanol–water partition coefficient (Wildman–Crippen LogP) is 3.71. The van der Waals surface area contributed by atoms with Crippen LogP contribution in [0, 0.1) is 12.3 Å². The lowest BCUT2D eigenvalue weighted by molar-refractivity contribution is 0.0612. The van der Waals surface area contributed by atoms with Crippen molar-refractivity contribution in [2.75, 3.05) is 6.61 Å². The van der Waals surface area contributed by atoms with Gasteiger partial charge in [0, 0.05) is 6.61 Å². The zero-order valence-corrected chi connectivity index (χ0v) is 15.1. The smallest absolute Gasteiger partial charge is 0.173 e. The highest BCUT2D eigenvalue weighted by molar-refractivity contribution is 7.38. The minimum absolute atomic E-state index is 0.752. The van der Waals surface area contributed by atoms with Crippen molar-refractivity contribution in [2.45, 2.75) is 76.4 Å². The van der Waals surface area contributed by atoms with Gasteiger partial charge in [-0.25, -0.2) is 0 Å². The van der Waals surface area contributed by atoms with Crippen LogP contribution in [-0.4, -0.2) is 32.7 Å². The first-order valence-electron chi connectivity index (χ1n) is 7.57. The number of rotatable bonds is 0. The molecule has 1 saturated heterocycles. The van der Waals surface area contributed by atoms with E-state index in [-0.39, 0.29) is 0 Å². The third-order valence-corrected chi connectivity index (χ3v) is 21.7. The van der Waals surface area contributed by atoms with E-state index in [1.54, 1.807) is 0 Å². The molecule has 0 aromatic carbocycles. The van der Waals surface area contributed by atoms with Crippen LogP contribution in [0.2, 0.25) is 32.2 Å². The zero-order valence-electron chi connectivity index (χ0n) is 13.1. The lowest BCUT2D eigenvalue weighted by atomic mass is 9.86. The Morgan fingerprint density at radius 3 is 1.95 bits per heavy atom. The van der Waals surface area contributed by atoms with E-state index >= 15 is 0 Å². The zero-order chi connectivity index (χ0) is 14.6. The molecule has 0 bridgehead atoms. The Balaban J connectivity index is 0.000000191. The molecule has 1 aliphatic heterocycles. The second-order valence-corrected chi connectivity index (χ2v) is 22.3.